The van der Waals surface area contributed by atoms with Crippen LogP contribution in [0.1, 0.15) is 30.0 Å². The first kappa shape index (κ1) is 15.1. The SMILES string of the molecule is NC1CCCc2c(OCCOCC(F)(F)F)cccc21. The average molecular weight is 289 g/mol. The number of fused-ring (bicyclic) bond motifs is 1. The predicted molar refractivity (Wildman–Crippen MR) is 68.7 cm³/mol. The number of hydrogen-bond acceptors (Lipinski definition) is 3. The first-order valence-electron chi connectivity index (χ1n) is 6.62. The molecule has 0 spiro atoms. The van der Waals surface area contributed by atoms with E-state index < -0.39 is 12.8 Å². The highest BCUT2D eigenvalue weighted by atomic mass is 19.4. The molecule has 1 aromatic carbocycles. The number of nitrogens with two attached hydrogens (primary N) is 1. The van der Waals surface area contributed by atoms with Crippen molar-refractivity contribution in [3.8, 4) is 5.75 Å². The molecule has 20 heavy (non-hydrogen) atoms. The lowest BCUT2D eigenvalue weighted by Gasteiger charge is -2.24. The Morgan fingerprint density at radius 3 is 2.80 bits per heavy atom. The number of hydrogen-bond donors (Lipinski definition) is 1. The maximum Gasteiger partial charge on any atom is 0.411 e. The number of halogens is 3. The van der Waals surface area contributed by atoms with E-state index in [9.17, 15) is 13.2 Å². The van der Waals surface area contributed by atoms with Crippen LogP contribution in [0.25, 0.3) is 0 Å². The quantitative estimate of drug-likeness (QED) is 0.848. The second-order valence-electron chi connectivity index (χ2n) is 4.84. The fourth-order valence-electron chi connectivity index (χ4n) is 2.39. The Balaban J connectivity index is 1.86. The summed E-state index contributed by atoms with van der Waals surface area (Å²) in [6, 6.07) is 5.67. The Hall–Kier alpha value is -1.27. The summed E-state index contributed by atoms with van der Waals surface area (Å²) in [5.74, 6) is 0.702. The Labute approximate surface area is 115 Å². The molecular weight excluding hydrogens is 271 g/mol. The summed E-state index contributed by atoms with van der Waals surface area (Å²) in [5.41, 5.74) is 8.18. The average Bonchev–Trinajstić information content (AvgIpc) is 2.38. The third kappa shape index (κ3) is 4.11. The Kier molecular flexibility index (Phi) is 4.88. The molecule has 0 bridgehead atoms. The third-order valence-corrected chi connectivity index (χ3v) is 3.26. The number of benzene rings is 1. The molecule has 2 rings (SSSR count). The number of rotatable bonds is 5. The van der Waals surface area contributed by atoms with Gasteiger partial charge in [0, 0.05) is 6.04 Å². The first-order valence-corrected chi connectivity index (χ1v) is 6.62. The minimum Gasteiger partial charge on any atom is -0.491 e. The smallest absolute Gasteiger partial charge is 0.411 e. The van der Waals surface area contributed by atoms with Gasteiger partial charge in [-0.05, 0) is 36.5 Å². The van der Waals surface area contributed by atoms with Crippen molar-refractivity contribution in [2.75, 3.05) is 19.8 Å². The third-order valence-electron chi connectivity index (χ3n) is 3.26. The van der Waals surface area contributed by atoms with Crippen LogP contribution in [0, 0.1) is 0 Å². The van der Waals surface area contributed by atoms with Gasteiger partial charge >= 0.3 is 6.18 Å². The van der Waals surface area contributed by atoms with Crippen LogP contribution in [0.3, 0.4) is 0 Å². The molecule has 6 heteroatoms. The van der Waals surface area contributed by atoms with Crippen molar-refractivity contribution in [1.29, 1.82) is 0 Å². The van der Waals surface area contributed by atoms with Crippen LogP contribution in [0.15, 0.2) is 18.2 Å². The predicted octanol–water partition coefficient (Wildman–Crippen LogP) is 2.98. The molecule has 0 saturated heterocycles. The zero-order valence-electron chi connectivity index (χ0n) is 11.1. The molecule has 1 atom stereocenters. The molecule has 0 radical (unpaired) electrons. The summed E-state index contributed by atoms with van der Waals surface area (Å²) in [4.78, 5) is 0. The lowest BCUT2D eigenvalue weighted by atomic mass is 9.88. The topological polar surface area (TPSA) is 44.5 Å². The summed E-state index contributed by atoms with van der Waals surface area (Å²) >= 11 is 0. The van der Waals surface area contributed by atoms with Crippen molar-refractivity contribution in [2.45, 2.75) is 31.5 Å². The maximum absolute atomic E-state index is 11.9. The van der Waals surface area contributed by atoms with Gasteiger partial charge in [0.15, 0.2) is 0 Å². The van der Waals surface area contributed by atoms with Gasteiger partial charge in [-0.1, -0.05) is 12.1 Å². The highest BCUT2D eigenvalue weighted by Gasteiger charge is 2.27. The normalized spacial score (nSPS) is 18.7. The van der Waals surface area contributed by atoms with E-state index >= 15 is 0 Å². The van der Waals surface area contributed by atoms with Gasteiger partial charge in [-0.2, -0.15) is 13.2 Å². The summed E-state index contributed by atoms with van der Waals surface area (Å²) in [5, 5.41) is 0. The Morgan fingerprint density at radius 2 is 2.05 bits per heavy atom. The van der Waals surface area contributed by atoms with Gasteiger partial charge in [0.25, 0.3) is 0 Å². The molecule has 1 aliphatic rings. The monoisotopic (exact) mass is 289 g/mol. The standard InChI is InChI=1S/C14H18F3NO2/c15-14(16,17)9-19-7-8-20-13-6-2-3-10-11(13)4-1-5-12(10)18/h2-3,6,12H,1,4-5,7-9,18H2. The van der Waals surface area contributed by atoms with Crippen LogP contribution in [-0.4, -0.2) is 26.0 Å². The van der Waals surface area contributed by atoms with E-state index in [4.69, 9.17) is 10.5 Å². The van der Waals surface area contributed by atoms with Gasteiger partial charge < -0.3 is 15.2 Å². The molecule has 1 aliphatic carbocycles. The van der Waals surface area contributed by atoms with E-state index in [1.165, 1.54) is 0 Å². The summed E-state index contributed by atoms with van der Waals surface area (Å²) in [7, 11) is 0. The molecule has 0 amide bonds. The second-order valence-corrected chi connectivity index (χ2v) is 4.84. The van der Waals surface area contributed by atoms with E-state index in [0.29, 0.717) is 5.75 Å². The van der Waals surface area contributed by atoms with Gasteiger partial charge in [0.05, 0.1) is 6.61 Å². The fourth-order valence-corrected chi connectivity index (χ4v) is 2.39. The van der Waals surface area contributed by atoms with Gasteiger partial charge in [-0.3, -0.25) is 0 Å². The number of alkyl halides is 3. The van der Waals surface area contributed by atoms with Gasteiger partial charge in [-0.25, -0.2) is 0 Å². The largest absolute Gasteiger partial charge is 0.491 e. The maximum atomic E-state index is 11.9. The lowest BCUT2D eigenvalue weighted by molar-refractivity contribution is -0.175. The molecule has 3 nitrogen and oxygen atoms in total. The van der Waals surface area contributed by atoms with Crippen molar-refractivity contribution in [2.24, 2.45) is 5.73 Å². The van der Waals surface area contributed by atoms with Gasteiger partial charge in [0.1, 0.15) is 19.0 Å². The molecule has 0 aliphatic heterocycles. The summed E-state index contributed by atoms with van der Waals surface area (Å²) in [6.07, 6.45) is -1.45. The number of ether oxygens (including phenoxy) is 2. The highest BCUT2D eigenvalue weighted by molar-refractivity contribution is 5.43. The van der Waals surface area contributed by atoms with Crippen LogP contribution >= 0.6 is 0 Å². The van der Waals surface area contributed by atoms with Crippen molar-refractivity contribution < 1.29 is 22.6 Å². The Bertz CT molecular complexity index is 449. The lowest BCUT2D eigenvalue weighted by Crippen LogP contribution is -2.20. The Morgan fingerprint density at radius 1 is 1.25 bits per heavy atom. The minimum atomic E-state index is -4.29. The van der Waals surface area contributed by atoms with Gasteiger partial charge in [-0.15, -0.1) is 0 Å². The molecular formula is C14H18F3NO2. The van der Waals surface area contributed by atoms with E-state index in [1.807, 2.05) is 18.2 Å². The van der Waals surface area contributed by atoms with E-state index in [1.54, 1.807) is 0 Å². The molecule has 0 aromatic heterocycles. The zero-order chi connectivity index (χ0) is 14.6. The molecule has 112 valence electrons. The van der Waals surface area contributed by atoms with Crippen molar-refractivity contribution in [1.82, 2.24) is 0 Å². The molecule has 0 saturated carbocycles. The van der Waals surface area contributed by atoms with E-state index in [-0.39, 0.29) is 19.3 Å². The van der Waals surface area contributed by atoms with Crippen LogP contribution in [0.4, 0.5) is 13.2 Å². The van der Waals surface area contributed by atoms with Crippen LogP contribution in [-0.2, 0) is 11.2 Å². The first-order chi connectivity index (χ1) is 9.47. The molecule has 0 fully saturated rings. The van der Waals surface area contributed by atoms with Crippen LogP contribution < -0.4 is 10.5 Å². The molecule has 0 heterocycles. The van der Waals surface area contributed by atoms with E-state index in [0.717, 1.165) is 30.4 Å². The minimum absolute atomic E-state index is 0.0174. The van der Waals surface area contributed by atoms with Crippen molar-refractivity contribution in [3.05, 3.63) is 29.3 Å². The molecule has 2 N–H and O–H groups in total. The summed E-state index contributed by atoms with van der Waals surface area (Å²) < 4.78 is 45.7. The second kappa shape index (κ2) is 6.45. The van der Waals surface area contributed by atoms with Gasteiger partial charge in [0.2, 0.25) is 0 Å². The van der Waals surface area contributed by atoms with Crippen molar-refractivity contribution in [3.63, 3.8) is 0 Å². The van der Waals surface area contributed by atoms with Crippen molar-refractivity contribution >= 4 is 0 Å². The van der Waals surface area contributed by atoms with E-state index in [2.05, 4.69) is 4.74 Å². The summed E-state index contributed by atoms with van der Waals surface area (Å²) in [6.45, 7) is -1.23. The zero-order valence-corrected chi connectivity index (χ0v) is 11.1. The highest BCUT2D eigenvalue weighted by Crippen LogP contribution is 2.33. The molecule has 1 unspecified atom stereocenters. The molecule has 1 aromatic rings. The fraction of sp³-hybridized carbons (Fsp3) is 0.571. The van der Waals surface area contributed by atoms with Crippen LogP contribution in [0.5, 0.6) is 5.75 Å². The van der Waals surface area contributed by atoms with Crippen LogP contribution in [0.2, 0.25) is 0 Å².